The van der Waals surface area contributed by atoms with Crippen LogP contribution in [0.25, 0.3) is 5.69 Å². The van der Waals surface area contributed by atoms with Crippen molar-refractivity contribution in [3.8, 4) is 5.69 Å². The molecule has 5 heteroatoms. The molecule has 2 rings (SSSR count). The summed E-state index contributed by atoms with van der Waals surface area (Å²) in [5.74, 6) is -0.584. The van der Waals surface area contributed by atoms with E-state index in [4.69, 9.17) is 5.11 Å². The molecule has 1 heterocycles. The van der Waals surface area contributed by atoms with Crippen LogP contribution < -0.4 is 0 Å². The van der Waals surface area contributed by atoms with Crippen LogP contribution in [0.5, 0.6) is 0 Å². The van der Waals surface area contributed by atoms with Crippen LogP contribution in [-0.4, -0.2) is 20.6 Å². The van der Waals surface area contributed by atoms with E-state index in [1.807, 2.05) is 0 Å². The van der Waals surface area contributed by atoms with Gasteiger partial charge >= 0.3 is 5.97 Å². The summed E-state index contributed by atoms with van der Waals surface area (Å²) in [5.41, 5.74) is 0.159. The van der Waals surface area contributed by atoms with Gasteiger partial charge < -0.3 is 9.67 Å². The molecular weight excluding hydrogens is 259 g/mol. The Morgan fingerprint density at radius 1 is 1.45 bits per heavy atom. The fourth-order valence-corrected chi connectivity index (χ4v) is 2.07. The summed E-state index contributed by atoms with van der Waals surface area (Å²) in [4.78, 5) is 15.2. The molecule has 4 nitrogen and oxygen atoms in total. The first-order valence-corrected chi connectivity index (χ1v) is 6.33. The smallest absolute Gasteiger partial charge is 0.309 e. The van der Waals surface area contributed by atoms with Crippen molar-refractivity contribution in [1.82, 2.24) is 9.55 Å². The molecular formula is C15H17FN2O2. The summed E-state index contributed by atoms with van der Waals surface area (Å²) in [6, 6.07) is 4.79. The van der Waals surface area contributed by atoms with Gasteiger partial charge in [0.1, 0.15) is 11.6 Å². The normalized spacial score (nSPS) is 11.6. The number of hydrogen-bond donors (Lipinski definition) is 1. The van der Waals surface area contributed by atoms with Gasteiger partial charge in [-0.15, -0.1) is 0 Å². The molecule has 0 unspecified atom stereocenters. The Hall–Kier alpha value is -2.17. The number of halogens is 1. The van der Waals surface area contributed by atoms with Crippen molar-refractivity contribution in [2.75, 3.05) is 0 Å². The molecule has 0 aliphatic heterocycles. The van der Waals surface area contributed by atoms with Gasteiger partial charge in [0.25, 0.3) is 0 Å². The molecule has 1 N–H and O–H groups in total. The van der Waals surface area contributed by atoms with Crippen molar-refractivity contribution in [1.29, 1.82) is 0 Å². The Balaban J connectivity index is 2.32. The van der Waals surface area contributed by atoms with Gasteiger partial charge in [0.05, 0.1) is 11.1 Å². The molecule has 2 aromatic rings. The summed E-state index contributed by atoms with van der Waals surface area (Å²) in [7, 11) is 0. The van der Waals surface area contributed by atoms with Crippen LogP contribution in [0.3, 0.4) is 0 Å². The Kier molecular flexibility index (Phi) is 3.61. The Morgan fingerprint density at radius 2 is 2.15 bits per heavy atom. The second-order valence-corrected chi connectivity index (χ2v) is 5.50. The molecule has 0 spiro atoms. The van der Waals surface area contributed by atoms with Crippen LogP contribution in [0.15, 0.2) is 30.6 Å². The Morgan fingerprint density at radius 3 is 2.65 bits per heavy atom. The number of nitrogens with zero attached hydrogens (tertiary/aromatic N) is 2. The van der Waals surface area contributed by atoms with Gasteiger partial charge in [-0.05, 0) is 44.9 Å². The Labute approximate surface area is 116 Å². The molecule has 1 aromatic carbocycles. The average molecular weight is 276 g/mol. The summed E-state index contributed by atoms with van der Waals surface area (Å²) in [5, 5.41) is 9.11. The van der Waals surface area contributed by atoms with Crippen LogP contribution in [0, 0.1) is 18.2 Å². The zero-order valence-corrected chi connectivity index (χ0v) is 11.7. The Bertz CT molecular complexity index is 647. The van der Waals surface area contributed by atoms with E-state index in [2.05, 4.69) is 4.98 Å². The number of carboxylic acid groups (broad SMARTS) is 1. The van der Waals surface area contributed by atoms with Crippen molar-refractivity contribution < 1.29 is 14.3 Å². The van der Waals surface area contributed by atoms with Crippen LogP contribution in [0.1, 0.15) is 25.2 Å². The standard InChI is InChI=1S/C15H17FN2O2/c1-10-17-6-7-18(10)13-5-4-11(8-12(13)16)9-15(2,3)14(19)20/h4-8H,9H2,1-3H3,(H,19,20). The zero-order valence-electron chi connectivity index (χ0n) is 11.7. The number of aromatic nitrogens is 2. The second kappa shape index (κ2) is 5.07. The average Bonchev–Trinajstić information content (AvgIpc) is 2.75. The lowest BCUT2D eigenvalue weighted by Crippen LogP contribution is -2.26. The van der Waals surface area contributed by atoms with Crippen molar-refractivity contribution in [2.45, 2.75) is 27.2 Å². The summed E-state index contributed by atoms with van der Waals surface area (Å²) < 4.78 is 15.8. The van der Waals surface area contributed by atoms with E-state index in [1.54, 1.807) is 49.9 Å². The van der Waals surface area contributed by atoms with Gasteiger partial charge in [-0.2, -0.15) is 0 Å². The van der Waals surface area contributed by atoms with Gasteiger partial charge in [0.15, 0.2) is 0 Å². The number of benzene rings is 1. The van der Waals surface area contributed by atoms with E-state index in [0.29, 0.717) is 17.1 Å². The van der Waals surface area contributed by atoms with E-state index in [-0.39, 0.29) is 12.2 Å². The van der Waals surface area contributed by atoms with E-state index in [0.717, 1.165) is 0 Å². The largest absolute Gasteiger partial charge is 0.481 e. The maximum Gasteiger partial charge on any atom is 0.309 e. The number of carboxylic acids is 1. The van der Waals surface area contributed by atoms with Gasteiger partial charge in [-0.25, -0.2) is 9.37 Å². The molecule has 106 valence electrons. The third-order valence-corrected chi connectivity index (χ3v) is 3.32. The molecule has 0 saturated heterocycles. The van der Waals surface area contributed by atoms with Gasteiger partial charge in [0.2, 0.25) is 0 Å². The number of aryl methyl sites for hydroxylation is 1. The maximum absolute atomic E-state index is 14.2. The van der Waals surface area contributed by atoms with Crippen LogP contribution in [0.4, 0.5) is 4.39 Å². The van der Waals surface area contributed by atoms with Gasteiger partial charge in [-0.3, -0.25) is 4.79 Å². The first-order valence-electron chi connectivity index (χ1n) is 6.33. The van der Waals surface area contributed by atoms with E-state index >= 15 is 0 Å². The molecule has 0 fully saturated rings. The fourth-order valence-electron chi connectivity index (χ4n) is 2.07. The van der Waals surface area contributed by atoms with Crippen molar-refractivity contribution >= 4 is 5.97 Å². The van der Waals surface area contributed by atoms with Gasteiger partial charge in [0, 0.05) is 12.4 Å². The maximum atomic E-state index is 14.2. The van der Waals surface area contributed by atoms with Crippen LogP contribution in [0.2, 0.25) is 0 Å². The van der Waals surface area contributed by atoms with E-state index in [1.165, 1.54) is 6.07 Å². The second-order valence-electron chi connectivity index (χ2n) is 5.50. The van der Waals surface area contributed by atoms with Crippen molar-refractivity contribution in [3.05, 3.63) is 47.8 Å². The first kappa shape index (κ1) is 14.2. The van der Waals surface area contributed by atoms with Crippen molar-refractivity contribution in [3.63, 3.8) is 0 Å². The number of aliphatic carboxylic acids is 1. The summed E-state index contributed by atoms with van der Waals surface area (Å²) >= 11 is 0. The highest BCUT2D eigenvalue weighted by atomic mass is 19.1. The molecule has 0 aliphatic rings. The number of rotatable bonds is 4. The lowest BCUT2D eigenvalue weighted by atomic mass is 9.86. The lowest BCUT2D eigenvalue weighted by molar-refractivity contribution is -0.146. The molecule has 0 radical (unpaired) electrons. The minimum Gasteiger partial charge on any atom is -0.481 e. The number of hydrogen-bond acceptors (Lipinski definition) is 2. The van der Waals surface area contributed by atoms with Crippen LogP contribution in [-0.2, 0) is 11.2 Å². The minimum atomic E-state index is -0.918. The topological polar surface area (TPSA) is 55.1 Å². The SMILES string of the molecule is Cc1nccn1-c1ccc(CC(C)(C)C(=O)O)cc1F. The number of imidazole rings is 1. The monoisotopic (exact) mass is 276 g/mol. The highest BCUT2D eigenvalue weighted by Gasteiger charge is 2.27. The molecule has 0 bridgehead atoms. The van der Waals surface area contributed by atoms with Crippen LogP contribution >= 0.6 is 0 Å². The molecule has 0 amide bonds. The van der Waals surface area contributed by atoms with Crippen molar-refractivity contribution in [2.24, 2.45) is 5.41 Å². The zero-order chi connectivity index (χ0) is 14.9. The molecule has 1 aromatic heterocycles. The third kappa shape index (κ3) is 2.71. The minimum absolute atomic E-state index is 0.280. The molecule has 0 atom stereocenters. The van der Waals surface area contributed by atoms with E-state index < -0.39 is 11.4 Å². The highest BCUT2D eigenvalue weighted by Crippen LogP contribution is 2.24. The van der Waals surface area contributed by atoms with Gasteiger partial charge in [-0.1, -0.05) is 6.07 Å². The third-order valence-electron chi connectivity index (χ3n) is 3.32. The summed E-state index contributed by atoms with van der Waals surface area (Å²) in [6.07, 6.45) is 3.58. The van der Waals surface area contributed by atoms with E-state index in [9.17, 15) is 9.18 Å². The predicted molar refractivity (Wildman–Crippen MR) is 73.4 cm³/mol. The quantitative estimate of drug-likeness (QED) is 0.934. The predicted octanol–water partition coefficient (Wildman–Crippen LogP) is 2.97. The first-order chi connectivity index (χ1) is 9.31. The molecule has 0 aliphatic carbocycles. The number of carbonyl (C=O) groups is 1. The summed E-state index contributed by atoms with van der Waals surface area (Å²) in [6.45, 7) is 5.04. The molecule has 20 heavy (non-hydrogen) atoms. The highest BCUT2D eigenvalue weighted by molar-refractivity contribution is 5.74. The molecule has 0 saturated carbocycles. The lowest BCUT2D eigenvalue weighted by Gasteiger charge is -2.19. The fraction of sp³-hybridized carbons (Fsp3) is 0.333.